The van der Waals surface area contributed by atoms with Gasteiger partial charge in [-0.05, 0) is 37.3 Å². The number of methoxy groups -OCH3 is 1. The Morgan fingerprint density at radius 1 is 1.10 bits per heavy atom. The molecule has 3 fully saturated rings. The SMILES string of the molecule is COc1nc(Nc2cc(-c3ccc(OC4CCN(C(=O)[C@H](O)C(F)F)CC4)c(C#N)c3)ncn2)ccc1N1CCN(C2COC2)C[C@H]1C. The highest BCUT2D eigenvalue weighted by atomic mass is 19.3. The Hall–Kier alpha value is -4.65. The van der Waals surface area contributed by atoms with E-state index in [-0.39, 0.29) is 25.2 Å². The highest BCUT2D eigenvalue weighted by Crippen LogP contribution is 2.33. The van der Waals surface area contributed by atoms with Gasteiger partial charge in [-0.3, -0.25) is 9.69 Å². The number of rotatable bonds is 10. The Kier molecular flexibility index (Phi) is 10.1. The van der Waals surface area contributed by atoms with E-state index in [0.29, 0.717) is 59.0 Å². The van der Waals surface area contributed by atoms with Gasteiger partial charge in [0.05, 0.1) is 37.6 Å². The van der Waals surface area contributed by atoms with Crippen LogP contribution in [0.4, 0.5) is 26.1 Å². The summed E-state index contributed by atoms with van der Waals surface area (Å²) in [4.78, 5) is 31.5. The molecule has 0 radical (unpaired) electrons. The zero-order valence-electron chi connectivity index (χ0n) is 26.8. The molecule has 3 aliphatic heterocycles. The maximum absolute atomic E-state index is 12.7. The Morgan fingerprint density at radius 2 is 1.90 bits per heavy atom. The quantitative estimate of drug-likeness (QED) is 0.328. The van der Waals surface area contributed by atoms with Crippen molar-refractivity contribution in [3.8, 4) is 29.0 Å². The number of likely N-dealkylation sites (tertiary alicyclic amines) is 1. The molecule has 1 aromatic carbocycles. The summed E-state index contributed by atoms with van der Waals surface area (Å²) in [7, 11) is 1.61. The van der Waals surface area contributed by atoms with Gasteiger partial charge in [-0.25, -0.2) is 18.7 Å². The summed E-state index contributed by atoms with van der Waals surface area (Å²) < 4.78 is 42.6. The molecule has 48 heavy (non-hydrogen) atoms. The van der Waals surface area contributed by atoms with Gasteiger partial charge in [-0.15, -0.1) is 0 Å². The second kappa shape index (κ2) is 14.6. The van der Waals surface area contributed by atoms with E-state index in [9.17, 15) is 23.9 Å². The minimum absolute atomic E-state index is 0.167. The van der Waals surface area contributed by atoms with Gasteiger partial charge in [0.2, 0.25) is 5.88 Å². The van der Waals surface area contributed by atoms with Crippen LogP contribution in [-0.4, -0.2) is 120 Å². The third-order valence-electron chi connectivity index (χ3n) is 9.00. The molecule has 13 nitrogen and oxygen atoms in total. The molecule has 0 aliphatic carbocycles. The summed E-state index contributed by atoms with van der Waals surface area (Å²) in [6.07, 6.45) is -3.61. The van der Waals surface area contributed by atoms with Crippen LogP contribution in [-0.2, 0) is 9.53 Å². The van der Waals surface area contributed by atoms with Crippen molar-refractivity contribution in [2.45, 2.75) is 50.5 Å². The predicted molar refractivity (Wildman–Crippen MR) is 171 cm³/mol. The number of amides is 1. The number of halogens is 2. The molecule has 3 aromatic rings. The van der Waals surface area contributed by atoms with E-state index in [0.717, 1.165) is 38.5 Å². The van der Waals surface area contributed by atoms with E-state index in [1.807, 2.05) is 12.1 Å². The number of pyridine rings is 1. The first-order valence-electron chi connectivity index (χ1n) is 15.9. The van der Waals surface area contributed by atoms with Crippen LogP contribution >= 0.6 is 0 Å². The highest BCUT2D eigenvalue weighted by Gasteiger charge is 2.34. The molecule has 254 valence electrons. The van der Waals surface area contributed by atoms with Gasteiger partial charge >= 0.3 is 0 Å². The van der Waals surface area contributed by atoms with Crippen molar-refractivity contribution in [3.63, 3.8) is 0 Å². The van der Waals surface area contributed by atoms with Crippen molar-refractivity contribution >= 4 is 23.2 Å². The topological polar surface area (TPSA) is 149 Å². The number of hydrogen-bond acceptors (Lipinski definition) is 12. The van der Waals surface area contributed by atoms with E-state index < -0.39 is 18.4 Å². The van der Waals surface area contributed by atoms with E-state index in [1.54, 1.807) is 31.4 Å². The van der Waals surface area contributed by atoms with Crippen LogP contribution in [0.3, 0.4) is 0 Å². The standard InChI is InChI=1S/C33H38F2N8O5/c1-20-16-42(23-17-47-18-23)11-12-43(20)26-4-6-28(40-32(26)46-2)39-29-14-25(37-19-38-29)21-3-5-27(22(13-21)15-36)48-24-7-9-41(10-8-24)33(45)30(44)31(34)35/h3-6,13-14,19-20,23-24,30-31,44H,7-12,16-18H2,1-2H3,(H,37,38,39,40)/t20-,30-/m1/s1. The maximum Gasteiger partial charge on any atom is 0.273 e. The van der Waals surface area contributed by atoms with Crippen LogP contribution in [0.1, 0.15) is 25.3 Å². The molecule has 5 heterocycles. The first-order valence-corrected chi connectivity index (χ1v) is 15.9. The van der Waals surface area contributed by atoms with Gasteiger partial charge in [-0.1, -0.05) is 0 Å². The largest absolute Gasteiger partial charge is 0.489 e. The number of benzene rings is 1. The number of piperidine rings is 1. The van der Waals surface area contributed by atoms with Crippen molar-refractivity contribution in [1.29, 1.82) is 5.26 Å². The van der Waals surface area contributed by atoms with E-state index in [1.165, 1.54) is 11.2 Å². The molecule has 0 saturated carbocycles. The first kappa shape index (κ1) is 33.3. The number of nitrogens with one attached hydrogen (secondary N) is 1. The number of anilines is 3. The number of carbonyl (C=O) groups is 1. The zero-order valence-corrected chi connectivity index (χ0v) is 26.8. The summed E-state index contributed by atoms with van der Waals surface area (Å²) in [5.74, 6) is 0.949. The fourth-order valence-corrected chi connectivity index (χ4v) is 6.24. The lowest BCUT2D eigenvalue weighted by atomic mass is 10.1. The summed E-state index contributed by atoms with van der Waals surface area (Å²) in [5.41, 5.74) is 2.48. The second-order valence-electron chi connectivity index (χ2n) is 12.1. The molecule has 0 unspecified atom stereocenters. The molecule has 3 saturated heterocycles. The number of carbonyl (C=O) groups excluding carboxylic acids is 1. The van der Waals surface area contributed by atoms with Crippen molar-refractivity contribution < 1.29 is 32.9 Å². The molecule has 2 N–H and O–H groups in total. The molecule has 3 aliphatic rings. The van der Waals surface area contributed by atoms with Crippen LogP contribution in [0.5, 0.6) is 11.6 Å². The molecule has 15 heteroatoms. The van der Waals surface area contributed by atoms with Crippen LogP contribution in [0.2, 0.25) is 0 Å². The number of aromatic nitrogens is 3. The van der Waals surface area contributed by atoms with Crippen LogP contribution in [0.25, 0.3) is 11.3 Å². The van der Waals surface area contributed by atoms with E-state index in [2.05, 4.69) is 38.1 Å². The number of piperazine rings is 1. The monoisotopic (exact) mass is 664 g/mol. The number of aliphatic hydroxyl groups excluding tert-OH is 1. The van der Waals surface area contributed by atoms with Crippen molar-refractivity contribution in [1.82, 2.24) is 24.8 Å². The number of ether oxygens (including phenoxy) is 3. The fraction of sp³-hybridized carbons (Fsp3) is 0.485. The Balaban J connectivity index is 1.09. The van der Waals surface area contributed by atoms with Gasteiger partial charge < -0.3 is 34.4 Å². The van der Waals surface area contributed by atoms with Crippen LogP contribution in [0.15, 0.2) is 42.7 Å². The number of alkyl halides is 2. The average Bonchev–Trinajstić information content (AvgIpc) is 3.07. The number of nitrogens with zero attached hydrogens (tertiary/aromatic N) is 7. The summed E-state index contributed by atoms with van der Waals surface area (Å²) in [6.45, 7) is 6.90. The van der Waals surface area contributed by atoms with Crippen molar-refractivity contribution in [2.75, 3.05) is 63.3 Å². The van der Waals surface area contributed by atoms with Crippen LogP contribution in [0, 0.1) is 11.3 Å². The molecular formula is C33H38F2N8O5. The lowest BCUT2D eigenvalue weighted by Crippen LogP contribution is -2.59. The van der Waals surface area contributed by atoms with Gasteiger partial charge in [0.1, 0.15) is 41.6 Å². The molecule has 0 bridgehead atoms. The lowest BCUT2D eigenvalue weighted by Gasteiger charge is -2.46. The highest BCUT2D eigenvalue weighted by molar-refractivity contribution is 5.81. The Labute approximate surface area is 277 Å². The van der Waals surface area contributed by atoms with Gasteiger partial charge in [0.25, 0.3) is 12.3 Å². The van der Waals surface area contributed by atoms with Crippen molar-refractivity contribution in [3.05, 3.63) is 48.3 Å². The first-order chi connectivity index (χ1) is 23.2. The Morgan fingerprint density at radius 3 is 2.56 bits per heavy atom. The van der Waals surface area contributed by atoms with Crippen LogP contribution < -0.4 is 19.7 Å². The average molecular weight is 665 g/mol. The number of nitriles is 1. The van der Waals surface area contributed by atoms with E-state index >= 15 is 0 Å². The second-order valence-corrected chi connectivity index (χ2v) is 12.1. The molecule has 6 rings (SSSR count). The third-order valence-corrected chi connectivity index (χ3v) is 9.00. The minimum Gasteiger partial charge on any atom is -0.489 e. The molecule has 1 amide bonds. The zero-order chi connectivity index (χ0) is 33.8. The summed E-state index contributed by atoms with van der Waals surface area (Å²) in [6, 6.07) is 13.7. The summed E-state index contributed by atoms with van der Waals surface area (Å²) in [5, 5.41) is 22.5. The van der Waals surface area contributed by atoms with Gasteiger partial charge in [0.15, 0.2) is 6.10 Å². The third kappa shape index (κ3) is 7.25. The summed E-state index contributed by atoms with van der Waals surface area (Å²) >= 11 is 0. The minimum atomic E-state index is -3.13. The number of aliphatic hydroxyl groups is 1. The number of hydrogen-bond donors (Lipinski definition) is 2. The lowest BCUT2D eigenvalue weighted by molar-refractivity contribution is -0.150. The maximum atomic E-state index is 12.7. The molecule has 2 aromatic heterocycles. The van der Waals surface area contributed by atoms with Crippen molar-refractivity contribution in [2.24, 2.45) is 0 Å². The van der Waals surface area contributed by atoms with Gasteiger partial charge in [-0.2, -0.15) is 10.2 Å². The molecule has 2 atom stereocenters. The fourth-order valence-electron chi connectivity index (χ4n) is 6.24. The normalized spacial score (nSPS) is 19.8. The molecular weight excluding hydrogens is 626 g/mol. The molecule has 0 spiro atoms. The predicted octanol–water partition coefficient (Wildman–Crippen LogP) is 3.07. The van der Waals surface area contributed by atoms with Gasteiger partial charge in [0, 0.05) is 63.2 Å². The Bertz CT molecular complexity index is 1650. The van der Waals surface area contributed by atoms with E-state index in [4.69, 9.17) is 19.2 Å². The smallest absolute Gasteiger partial charge is 0.273 e.